The van der Waals surface area contributed by atoms with E-state index in [0.29, 0.717) is 10.7 Å². The van der Waals surface area contributed by atoms with Gasteiger partial charge in [0.1, 0.15) is 0 Å². The summed E-state index contributed by atoms with van der Waals surface area (Å²) in [6.45, 7) is -0.318. The smallest absolute Gasteiger partial charge is 0.335 e. The van der Waals surface area contributed by atoms with Gasteiger partial charge >= 0.3 is 5.97 Å². The lowest BCUT2D eigenvalue weighted by Gasteiger charge is -2.15. The third-order valence-electron chi connectivity index (χ3n) is 3.18. The number of ether oxygens (including phenoxy) is 3. The summed E-state index contributed by atoms with van der Waals surface area (Å²) in [5, 5.41) is 12.3. The highest BCUT2D eigenvalue weighted by Gasteiger charge is 2.18. The first kappa shape index (κ1) is 18.4. The number of nitrogens with one attached hydrogen (secondary N) is 1. The SMILES string of the molecule is COc1cc(C(=O)O)cc(OC)c1OCC(=O)Nc1ccc(Cl)cc1. The van der Waals surface area contributed by atoms with Gasteiger partial charge in [-0.15, -0.1) is 0 Å². The molecule has 2 N–H and O–H groups in total. The van der Waals surface area contributed by atoms with Crippen LogP contribution in [0.3, 0.4) is 0 Å². The zero-order valence-corrected chi connectivity index (χ0v) is 14.3. The van der Waals surface area contributed by atoms with Gasteiger partial charge in [-0.1, -0.05) is 11.6 Å². The largest absolute Gasteiger partial charge is 0.493 e. The zero-order valence-electron chi connectivity index (χ0n) is 13.5. The Morgan fingerprint density at radius 1 is 1.08 bits per heavy atom. The van der Waals surface area contributed by atoms with Crippen LogP contribution in [-0.2, 0) is 4.79 Å². The second kappa shape index (κ2) is 8.25. The van der Waals surface area contributed by atoms with Crippen molar-refractivity contribution in [1.29, 1.82) is 0 Å². The molecule has 0 aromatic heterocycles. The topological polar surface area (TPSA) is 94.1 Å². The molecular formula is C17H16ClNO6. The van der Waals surface area contributed by atoms with E-state index in [0.717, 1.165) is 0 Å². The summed E-state index contributed by atoms with van der Waals surface area (Å²) in [7, 11) is 2.72. The number of amides is 1. The molecule has 0 fully saturated rings. The molecule has 1 amide bonds. The summed E-state index contributed by atoms with van der Waals surface area (Å²) >= 11 is 5.78. The third-order valence-corrected chi connectivity index (χ3v) is 3.44. The lowest BCUT2D eigenvalue weighted by molar-refractivity contribution is -0.118. The van der Waals surface area contributed by atoms with Crippen LogP contribution >= 0.6 is 11.6 Å². The number of carboxylic acid groups (broad SMARTS) is 1. The number of rotatable bonds is 7. The fourth-order valence-corrected chi connectivity index (χ4v) is 2.14. The molecule has 0 aliphatic heterocycles. The minimum Gasteiger partial charge on any atom is -0.493 e. The predicted octanol–water partition coefficient (Wildman–Crippen LogP) is 3.07. The number of anilines is 1. The van der Waals surface area contributed by atoms with Gasteiger partial charge in [0.25, 0.3) is 5.91 Å². The van der Waals surface area contributed by atoms with Crippen molar-refractivity contribution in [2.75, 3.05) is 26.1 Å². The van der Waals surface area contributed by atoms with Gasteiger partial charge in [0, 0.05) is 10.7 Å². The van der Waals surface area contributed by atoms with Gasteiger partial charge in [-0.3, -0.25) is 4.79 Å². The molecule has 0 aliphatic rings. The maximum atomic E-state index is 12.0. The van der Waals surface area contributed by atoms with Crippen LogP contribution in [0.15, 0.2) is 36.4 Å². The minimum absolute atomic E-state index is 0.0216. The second-order valence-corrected chi connectivity index (χ2v) is 5.30. The molecule has 132 valence electrons. The van der Waals surface area contributed by atoms with Crippen LogP contribution in [0.1, 0.15) is 10.4 Å². The zero-order chi connectivity index (χ0) is 18.4. The molecule has 0 heterocycles. The van der Waals surface area contributed by atoms with Crippen molar-refractivity contribution in [3.63, 3.8) is 0 Å². The van der Waals surface area contributed by atoms with Gasteiger partial charge < -0.3 is 24.6 Å². The Kier molecular flexibility index (Phi) is 6.08. The first-order valence-corrected chi connectivity index (χ1v) is 7.50. The van der Waals surface area contributed by atoms with E-state index < -0.39 is 11.9 Å². The van der Waals surface area contributed by atoms with Crippen molar-refractivity contribution in [3.05, 3.63) is 47.0 Å². The first-order valence-electron chi connectivity index (χ1n) is 7.12. The highest BCUT2D eigenvalue weighted by molar-refractivity contribution is 6.30. The van der Waals surface area contributed by atoms with E-state index >= 15 is 0 Å². The standard InChI is InChI=1S/C17H16ClNO6/c1-23-13-7-10(17(21)22)8-14(24-2)16(13)25-9-15(20)19-12-5-3-11(18)4-6-12/h3-8H,9H2,1-2H3,(H,19,20)(H,21,22). The Balaban J connectivity index is 2.12. The van der Waals surface area contributed by atoms with Crippen molar-refractivity contribution >= 4 is 29.2 Å². The van der Waals surface area contributed by atoms with E-state index in [2.05, 4.69) is 5.32 Å². The first-order chi connectivity index (χ1) is 11.9. The molecule has 0 atom stereocenters. The van der Waals surface area contributed by atoms with Crippen LogP contribution < -0.4 is 19.5 Å². The Morgan fingerprint density at radius 3 is 2.12 bits per heavy atom. The molecule has 0 unspecified atom stereocenters. The highest BCUT2D eigenvalue weighted by Crippen LogP contribution is 2.38. The summed E-state index contributed by atoms with van der Waals surface area (Å²) in [5.74, 6) is -1.11. The maximum absolute atomic E-state index is 12.0. The lowest BCUT2D eigenvalue weighted by Crippen LogP contribution is -2.20. The number of carboxylic acids is 1. The number of aromatic carboxylic acids is 1. The van der Waals surface area contributed by atoms with Gasteiger partial charge in [-0.25, -0.2) is 4.79 Å². The normalized spacial score (nSPS) is 10.0. The molecule has 0 bridgehead atoms. The van der Waals surface area contributed by atoms with Crippen molar-refractivity contribution in [2.45, 2.75) is 0 Å². The van der Waals surface area contributed by atoms with Crippen LogP contribution in [0.25, 0.3) is 0 Å². The Hall–Kier alpha value is -2.93. The Bertz CT molecular complexity index is 750. The van der Waals surface area contributed by atoms with E-state index in [1.807, 2.05) is 0 Å². The average molecular weight is 366 g/mol. The predicted molar refractivity (Wildman–Crippen MR) is 92.1 cm³/mol. The van der Waals surface area contributed by atoms with E-state index in [-0.39, 0.29) is 29.4 Å². The highest BCUT2D eigenvalue weighted by atomic mass is 35.5. The van der Waals surface area contributed by atoms with E-state index in [4.69, 9.17) is 30.9 Å². The fourth-order valence-electron chi connectivity index (χ4n) is 2.01. The van der Waals surface area contributed by atoms with Crippen LogP contribution in [-0.4, -0.2) is 37.8 Å². The maximum Gasteiger partial charge on any atom is 0.335 e. The van der Waals surface area contributed by atoms with Gasteiger partial charge in [-0.05, 0) is 36.4 Å². The van der Waals surface area contributed by atoms with Gasteiger partial charge in [0.05, 0.1) is 19.8 Å². The molecule has 0 saturated carbocycles. The minimum atomic E-state index is -1.14. The van der Waals surface area contributed by atoms with E-state index in [9.17, 15) is 9.59 Å². The van der Waals surface area contributed by atoms with Crippen LogP contribution in [0.4, 0.5) is 5.69 Å². The second-order valence-electron chi connectivity index (χ2n) is 4.86. The number of hydrogen-bond donors (Lipinski definition) is 2. The Labute approximate surface area is 149 Å². The van der Waals surface area contributed by atoms with Gasteiger partial charge in [-0.2, -0.15) is 0 Å². The van der Waals surface area contributed by atoms with Crippen molar-refractivity contribution < 1.29 is 28.9 Å². The van der Waals surface area contributed by atoms with Crippen LogP contribution in [0.2, 0.25) is 5.02 Å². The number of carbonyl (C=O) groups is 2. The molecule has 25 heavy (non-hydrogen) atoms. The molecule has 0 spiro atoms. The number of hydrogen-bond acceptors (Lipinski definition) is 5. The lowest BCUT2D eigenvalue weighted by atomic mass is 10.2. The average Bonchev–Trinajstić information content (AvgIpc) is 2.61. The van der Waals surface area contributed by atoms with E-state index in [1.165, 1.54) is 26.4 Å². The molecule has 0 radical (unpaired) electrons. The quantitative estimate of drug-likeness (QED) is 0.783. The fraction of sp³-hybridized carbons (Fsp3) is 0.176. The molecule has 0 saturated heterocycles. The van der Waals surface area contributed by atoms with Gasteiger partial charge in [0.2, 0.25) is 5.75 Å². The number of carbonyl (C=O) groups excluding carboxylic acids is 1. The molecule has 7 nitrogen and oxygen atoms in total. The van der Waals surface area contributed by atoms with Crippen molar-refractivity contribution in [1.82, 2.24) is 0 Å². The van der Waals surface area contributed by atoms with Crippen LogP contribution in [0, 0.1) is 0 Å². The molecular weight excluding hydrogens is 350 g/mol. The molecule has 2 aromatic carbocycles. The number of benzene rings is 2. The van der Waals surface area contributed by atoms with Crippen molar-refractivity contribution in [3.8, 4) is 17.2 Å². The molecule has 8 heteroatoms. The molecule has 2 rings (SSSR count). The third kappa shape index (κ3) is 4.77. The number of halogens is 1. The summed E-state index contributed by atoms with van der Waals surface area (Å²) in [5.41, 5.74) is 0.546. The summed E-state index contributed by atoms with van der Waals surface area (Å²) in [6.07, 6.45) is 0. The summed E-state index contributed by atoms with van der Waals surface area (Å²) < 4.78 is 15.7. The van der Waals surface area contributed by atoms with Crippen molar-refractivity contribution in [2.24, 2.45) is 0 Å². The molecule has 0 aliphatic carbocycles. The van der Waals surface area contributed by atoms with Gasteiger partial charge in [0.15, 0.2) is 18.1 Å². The Morgan fingerprint density at radius 2 is 1.64 bits per heavy atom. The van der Waals surface area contributed by atoms with E-state index in [1.54, 1.807) is 24.3 Å². The van der Waals surface area contributed by atoms with Crippen LogP contribution in [0.5, 0.6) is 17.2 Å². The number of methoxy groups -OCH3 is 2. The summed E-state index contributed by atoms with van der Waals surface area (Å²) in [6, 6.07) is 9.18. The monoisotopic (exact) mass is 365 g/mol. The summed E-state index contributed by atoms with van der Waals surface area (Å²) in [4.78, 5) is 23.1. The molecule has 2 aromatic rings.